The van der Waals surface area contributed by atoms with Crippen molar-refractivity contribution in [3.05, 3.63) is 182 Å². The molecule has 0 radical (unpaired) electrons. The van der Waals surface area contributed by atoms with Crippen LogP contribution in [0.15, 0.2) is 182 Å². The zero-order chi connectivity index (χ0) is 33.3. The lowest BCUT2D eigenvalue weighted by Crippen LogP contribution is -2.10. The minimum absolute atomic E-state index is 0.757. The molecule has 0 saturated carbocycles. The number of anilines is 3. The SMILES string of the molecule is c1ccc(N(c2ccc(-c3cnc(-c4ccc(-c5nc6ccccc6n5-c5ccccc5)nc4)cn3)cc2)c2cccc3ccccc23)cc1. The molecule has 50 heavy (non-hydrogen) atoms. The summed E-state index contributed by atoms with van der Waals surface area (Å²) in [6.45, 7) is 0. The summed E-state index contributed by atoms with van der Waals surface area (Å²) in [6.07, 6.45) is 5.48. The highest BCUT2D eigenvalue weighted by Crippen LogP contribution is 2.39. The van der Waals surface area contributed by atoms with Gasteiger partial charge in [-0.25, -0.2) is 4.98 Å². The molecule has 6 nitrogen and oxygen atoms in total. The Labute approximate surface area is 289 Å². The van der Waals surface area contributed by atoms with E-state index < -0.39 is 0 Å². The average molecular weight is 643 g/mol. The molecule has 0 amide bonds. The van der Waals surface area contributed by atoms with Crippen LogP contribution in [-0.2, 0) is 0 Å². The number of imidazole rings is 1. The number of nitrogens with zero attached hydrogens (tertiary/aromatic N) is 6. The van der Waals surface area contributed by atoms with Crippen molar-refractivity contribution in [3.8, 4) is 39.7 Å². The van der Waals surface area contributed by atoms with Crippen LogP contribution in [0.2, 0.25) is 0 Å². The highest BCUT2D eigenvalue weighted by atomic mass is 15.1. The van der Waals surface area contributed by atoms with Crippen LogP contribution in [0.1, 0.15) is 0 Å². The highest BCUT2D eigenvalue weighted by Gasteiger charge is 2.17. The molecule has 9 rings (SSSR count). The lowest BCUT2D eigenvalue weighted by Gasteiger charge is -2.27. The lowest BCUT2D eigenvalue weighted by atomic mass is 10.1. The van der Waals surface area contributed by atoms with E-state index in [1.807, 2.05) is 73.2 Å². The first-order valence-corrected chi connectivity index (χ1v) is 16.6. The number of fused-ring (bicyclic) bond motifs is 2. The van der Waals surface area contributed by atoms with E-state index >= 15 is 0 Å². The first kappa shape index (κ1) is 29.2. The molecule has 0 unspecified atom stereocenters. The average Bonchev–Trinajstić information content (AvgIpc) is 3.59. The Balaban J connectivity index is 0.998. The minimum atomic E-state index is 0.757. The molecule has 0 aliphatic carbocycles. The third-order valence-electron chi connectivity index (χ3n) is 8.96. The summed E-state index contributed by atoms with van der Waals surface area (Å²) in [6, 6.07) is 56.4. The third-order valence-corrected chi connectivity index (χ3v) is 8.96. The molecule has 0 fully saturated rings. The number of hydrogen-bond acceptors (Lipinski definition) is 5. The van der Waals surface area contributed by atoms with Crippen molar-refractivity contribution in [2.24, 2.45) is 0 Å². The molecule has 9 aromatic rings. The maximum atomic E-state index is 4.94. The molecule has 3 heterocycles. The van der Waals surface area contributed by atoms with Crippen molar-refractivity contribution < 1.29 is 0 Å². The molecule has 236 valence electrons. The van der Waals surface area contributed by atoms with Gasteiger partial charge in [0.2, 0.25) is 0 Å². The van der Waals surface area contributed by atoms with Crippen molar-refractivity contribution in [1.82, 2.24) is 24.5 Å². The van der Waals surface area contributed by atoms with E-state index in [2.05, 4.69) is 119 Å². The zero-order valence-corrected chi connectivity index (χ0v) is 27.0. The van der Waals surface area contributed by atoms with Gasteiger partial charge in [0.25, 0.3) is 0 Å². The van der Waals surface area contributed by atoms with Crippen LogP contribution in [0.4, 0.5) is 17.1 Å². The fraction of sp³-hybridized carbons (Fsp3) is 0. The van der Waals surface area contributed by atoms with E-state index in [0.717, 1.165) is 67.8 Å². The second-order valence-electron chi connectivity index (χ2n) is 12.0. The maximum Gasteiger partial charge on any atom is 0.164 e. The molecule has 0 saturated heterocycles. The van der Waals surface area contributed by atoms with Gasteiger partial charge in [0, 0.05) is 39.8 Å². The Bertz CT molecular complexity index is 2560. The summed E-state index contributed by atoms with van der Waals surface area (Å²) in [5.74, 6) is 0.792. The number of para-hydroxylation sites is 4. The van der Waals surface area contributed by atoms with Crippen LogP contribution in [-0.4, -0.2) is 24.5 Å². The maximum absolute atomic E-state index is 4.94. The number of aromatic nitrogens is 5. The predicted octanol–water partition coefficient (Wildman–Crippen LogP) is 10.8. The smallest absolute Gasteiger partial charge is 0.164 e. The Kier molecular flexibility index (Phi) is 7.37. The second-order valence-corrected chi connectivity index (χ2v) is 12.0. The van der Waals surface area contributed by atoms with Crippen LogP contribution in [0.25, 0.3) is 61.5 Å². The predicted molar refractivity (Wildman–Crippen MR) is 203 cm³/mol. The fourth-order valence-electron chi connectivity index (χ4n) is 6.53. The molecule has 6 aromatic carbocycles. The molecule has 0 atom stereocenters. The van der Waals surface area contributed by atoms with Crippen LogP contribution >= 0.6 is 0 Å². The van der Waals surface area contributed by atoms with Crippen molar-refractivity contribution in [2.45, 2.75) is 0 Å². The van der Waals surface area contributed by atoms with Gasteiger partial charge in [-0.15, -0.1) is 0 Å². The van der Waals surface area contributed by atoms with Crippen LogP contribution < -0.4 is 4.90 Å². The fourth-order valence-corrected chi connectivity index (χ4v) is 6.53. The molecular formula is C44H30N6. The van der Waals surface area contributed by atoms with E-state index in [0.29, 0.717) is 0 Å². The molecule has 0 aliphatic heterocycles. The normalized spacial score (nSPS) is 11.2. The number of pyridine rings is 1. The summed E-state index contributed by atoms with van der Waals surface area (Å²) in [7, 11) is 0. The summed E-state index contributed by atoms with van der Waals surface area (Å²) in [4.78, 5) is 21.6. The Hall–Kier alpha value is -6.92. The molecule has 3 aromatic heterocycles. The first-order valence-electron chi connectivity index (χ1n) is 16.6. The van der Waals surface area contributed by atoms with E-state index in [4.69, 9.17) is 19.9 Å². The highest BCUT2D eigenvalue weighted by molar-refractivity contribution is 5.99. The van der Waals surface area contributed by atoms with Crippen LogP contribution in [0.5, 0.6) is 0 Å². The van der Waals surface area contributed by atoms with Gasteiger partial charge in [0.05, 0.1) is 40.5 Å². The molecule has 6 heteroatoms. The quantitative estimate of drug-likeness (QED) is 0.173. The van der Waals surface area contributed by atoms with Gasteiger partial charge < -0.3 is 4.90 Å². The topological polar surface area (TPSA) is 59.7 Å². The molecule has 0 N–H and O–H groups in total. The van der Waals surface area contributed by atoms with Gasteiger partial charge in [0.1, 0.15) is 5.69 Å². The molecular weight excluding hydrogens is 613 g/mol. The molecule has 0 bridgehead atoms. The Morgan fingerprint density at radius 1 is 0.440 bits per heavy atom. The van der Waals surface area contributed by atoms with E-state index in [9.17, 15) is 0 Å². The Morgan fingerprint density at radius 3 is 1.82 bits per heavy atom. The van der Waals surface area contributed by atoms with Crippen molar-refractivity contribution in [1.29, 1.82) is 0 Å². The lowest BCUT2D eigenvalue weighted by molar-refractivity contribution is 1.08. The van der Waals surface area contributed by atoms with Crippen LogP contribution in [0.3, 0.4) is 0 Å². The third kappa shape index (κ3) is 5.35. The van der Waals surface area contributed by atoms with Crippen molar-refractivity contribution in [3.63, 3.8) is 0 Å². The number of rotatable bonds is 7. The van der Waals surface area contributed by atoms with Gasteiger partial charge in [0.15, 0.2) is 5.82 Å². The van der Waals surface area contributed by atoms with Gasteiger partial charge in [-0.1, -0.05) is 97.1 Å². The zero-order valence-electron chi connectivity index (χ0n) is 27.0. The van der Waals surface area contributed by atoms with Crippen molar-refractivity contribution >= 4 is 38.9 Å². The monoisotopic (exact) mass is 642 g/mol. The standard InChI is InChI=1S/C44H30N6/c1-3-14-34(15-4-1)49(42-21-11-13-31-12-7-8-18-37(31)42)36-25-22-32(23-26-36)40-29-47-41(30-46-40)33-24-27-39(45-28-33)44-48-38-19-9-10-20-43(38)50(44)35-16-5-2-6-17-35/h1-30H. The van der Waals surface area contributed by atoms with Gasteiger partial charge in [-0.2, -0.15) is 0 Å². The van der Waals surface area contributed by atoms with Gasteiger partial charge in [-0.05, 0) is 72.1 Å². The van der Waals surface area contributed by atoms with Gasteiger partial charge in [-0.3, -0.25) is 19.5 Å². The summed E-state index contributed by atoms with van der Waals surface area (Å²) in [5, 5.41) is 2.40. The first-order chi connectivity index (χ1) is 24.8. The second kappa shape index (κ2) is 12.6. The minimum Gasteiger partial charge on any atom is -0.310 e. The number of hydrogen-bond donors (Lipinski definition) is 0. The van der Waals surface area contributed by atoms with E-state index in [1.54, 1.807) is 0 Å². The summed E-state index contributed by atoms with van der Waals surface area (Å²) in [5.41, 5.74) is 10.5. The Morgan fingerprint density at radius 2 is 1.06 bits per heavy atom. The van der Waals surface area contributed by atoms with Gasteiger partial charge >= 0.3 is 0 Å². The van der Waals surface area contributed by atoms with Crippen LogP contribution in [0, 0.1) is 0 Å². The van der Waals surface area contributed by atoms with E-state index in [1.165, 1.54) is 10.8 Å². The summed E-state index contributed by atoms with van der Waals surface area (Å²) < 4.78 is 2.15. The molecule has 0 aliphatic rings. The number of benzene rings is 6. The van der Waals surface area contributed by atoms with Crippen molar-refractivity contribution in [2.75, 3.05) is 4.90 Å². The molecule has 0 spiro atoms. The van der Waals surface area contributed by atoms with E-state index in [-0.39, 0.29) is 0 Å². The largest absolute Gasteiger partial charge is 0.310 e. The summed E-state index contributed by atoms with van der Waals surface area (Å²) >= 11 is 0.